The molecule has 27 heavy (non-hydrogen) atoms. The molecule has 138 valence electrons. The summed E-state index contributed by atoms with van der Waals surface area (Å²) >= 11 is 7.40. The van der Waals surface area contributed by atoms with Gasteiger partial charge in [-0.25, -0.2) is 4.39 Å². The molecule has 0 saturated heterocycles. The van der Waals surface area contributed by atoms with Crippen molar-refractivity contribution in [2.24, 2.45) is 0 Å². The number of thioether (sulfide) groups is 1. The maximum absolute atomic E-state index is 14.0. The van der Waals surface area contributed by atoms with E-state index in [1.807, 2.05) is 23.6 Å². The van der Waals surface area contributed by atoms with E-state index in [0.29, 0.717) is 40.4 Å². The molecular formula is C18H14ClFN4O2S. The van der Waals surface area contributed by atoms with Gasteiger partial charge >= 0.3 is 0 Å². The third kappa shape index (κ3) is 3.63. The Morgan fingerprint density at radius 3 is 2.85 bits per heavy atom. The van der Waals surface area contributed by atoms with Crippen molar-refractivity contribution in [1.82, 2.24) is 19.9 Å². The third-order valence-corrected chi connectivity index (χ3v) is 5.11. The van der Waals surface area contributed by atoms with E-state index in [0.717, 1.165) is 5.16 Å². The molecule has 0 saturated carbocycles. The number of benzene rings is 1. The normalized spacial score (nSPS) is 11.2. The smallest absolute Gasteiger partial charge is 0.200 e. The van der Waals surface area contributed by atoms with Gasteiger partial charge in [0.2, 0.25) is 0 Å². The average molecular weight is 405 g/mol. The Bertz CT molecular complexity index is 1060. The molecule has 6 nitrogen and oxygen atoms in total. The van der Waals surface area contributed by atoms with Crippen molar-refractivity contribution in [3.63, 3.8) is 0 Å². The summed E-state index contributed by atoms with van der Waals surface area (Å²) in [4.78, 5) is 0. The second-order valence-corrected chi connectivity index (χ2v) is 7.00. The van der Waals surface area contributed by atoms with Crippen molar-refractivity contribution < 1.29 is 13.3 Å². The lowest BCUT2D eigenvalue weighted by Gasteiger charge is -2.04. The van der Waals surface area contributed by atoms with Crippen LogP contribution in [0.1, 0.15) is 12.6 Å². The van der Waals surface area contributed by atoms with Gasteiger partial charge in [-0.3, -0.25) is 4.57 Å². The average Bonchev–Trinajstić information content (AvgIpc) is 3.41. The second kappa shape index (κ2) is 7.58. The van der Waals surface area contributed by atoms with Crippen LogP contribution in [0.2, 0.25) is 5.02 Å². The van der Waals surface area contributed by atoms with Crippen molar-refractivity contribution in [3.05, 3.63) is 59.2 Å². The lowest BCUT2D eigenvalue weighted by atomic mass is 10.1. The maximum Gasteiger partial charge on any atom is 0.200 e. The summed E-state index contributed by atoms with van der Waals surface area (Å²) in [5.74, 6) is 1.76. The highest BCUT2D eigenvalue weighted by Crippen LogP contribution is 2.30. The summed E-state index contributed by atoms with van der Waals surface area (Å²) in [6.07, 6.45) is 1.60. The Morgan fingerprint density at radius 2 is 2.07 bits per heavy atom. The van der Waals surface area contributed by atoms with Crippen molar-refractivity contribution in [2.45, 2.75) is 24.4 Å². The monoisotopic (exact) mass is 404 g/mol. The van der Waals surface area contributed by atoms with Gasteiger partial charge < -0.3 is 8.94 Å². The fourth-order valence-electron chi connectivity index (χ4n) is 2.60. The number of furan rings is 1. The molecule has 0 atom stereocenters. The molecule has 0 spiro atoms. The van der Waals surface area contributed by atoms with Gasteiger partial charge in [-0.05, 0) is 37.3 Å². The maximum atomic E-state index is 14.0. The lowest BCUT2D eigenvalue weighted by Crippen LogP contribution is -1.99. The first-order valence-electron chi connectivity index (χ1n) is 8.16. The molecule has 3 aromatic heterocycles. The number of nitrogens with zero attached hydrogens (tertiary/aromatic N) is 4. The third-order valence-electron chi connectivity index (χ3n) is 3.88. The highest BCUT2D eigenvalue weighted by Gasteiger charge is 2.17. The molecule has 0 bridgehead atoms. The number of rotatable bonds is 6. The standard InChI is InChI=1S/C18H14ClFN4O2S/c1-2-24-17(15-4-3-7-25-15)21-22-18(24)27-10-12-9-16(26-23-12)13-8-11(19)5-6-14(13)20/h3-9H,2,10H2,1H3. The van der Waals surface area contributed by atoms with Gasteiger partial charge in [0.1, 0.15) is 5.82 Å². The Hall–Kier alpha value is -2.58. The minimum atomic E-state index is -0.413. The molecule has 0 fully saturated rings. The van der Waals surface area contributed by atoms with Crippen molar-refractivity contribution in [1.29, 1.82) is 0 Å². The first-order valence-corrected chi connectivity index (χ1v) is 9.53. The lowest BCUT2D eigenvalue weighted by molar-refractivity contribution is 0.424. The molecule has 0 aliphatic rings. The molecule has 0 N–H and O–H groups in total. The molecular weight excluding hydrogens is 391 g/mol. The molecule has 4 rings (SSSR count). The van der Waals surface area contributed by atoms with Gasteiger partial charge in [0.05, 0.1) is 17.5 Å². The fourth-order valence-corrected chi connectivity index (χ4v) is 3.66. The first kappa shape index (κ1) is 17.8. The predicted molar refractivity (Wildman–Crippen MR) is 99.9 cm³/mol. The largest absolute Gasteiger partial charge is 0.461 e. The van der Waals surface area contributed by atoms with Crippen molar-refractivity contribution in [3.8, 4) is 22.9 Å². The van der Waals surface area contributed by atoms with Gasteiger partial charge in [0.15, 0.2) is 22.5 Å². The van der Waals surface area contributed by atoms with E-state index < -0.39 is 5.82 Å². The van der Waals surface area contributed by atoms with Gasteiger partial charge in [-0.2, -0.15) is 0 Å². The molecule has 9 heteroatoms. The summed E-state index contributed by atoms with van der Waals surface area (Å²) < 4.78 is 26.6. The van der Waals surface area contributed by atoms with Crippen LogP contribution in [0.25, 0.3) is 22.9 Å². The van der Waals surface area contributed by atoms with E-state index in [4.69, 9.17) is 20.5 Å². The molecule has 0 aliphatic heterocycles. The van der Waals surface area contributed by atoms with E-state index in [1.54, 1.807) is 12.3 Å². The highest BCUT2D eigenvalue weighted by atomic mass is 35.5. The summed E-state index contributed by atoms with van der Waals surface area (Å²) in [5.41, 5.74) is 0.947. The van der Waals surface area contributed by atoms with E-state index in [9.17, 15) is 4.39 Å². The van der Waals surface area contributed by atoms with Crippen LogP contribution >= 0.6 is 23.4 Å². The molecule has 0 unspecified atom stereocenters. The zero-order chi connectivity index (χ0) is 18.8. The van der Waals surface area contributed by atoms with E-state index in [1.165, 1.54) is 30.0 Å². The van der Waals surface area contributed by atoms with Gasteiger partial charge in [0, 0.05) is 23.4 Å². The van der Waals surface area contributed by atoms with Crippen LogP contribution in [0.5, 0.6) is 0 Å². The van der Waals surface area contributed by atoms with Crippen LogP contribution in [0.4, 0.5) is 4.39 Å². The Labute approximate surface area is 163 Å². The summed E-state index contributed by atoms with van der Waals surface area (Å²) in [7, 11) is 0. The van der Waals surface area contributed by atoms with E-state index in [2.05, 4.69) is 15.4 Å². The summed E-state index contributed by atoms with van der Waals surface area (Å²) in [6, 6.07) is 9.65. The minimum absolute atomic E-state index is 0.281. The number of hydrogen-bond acceptors (Lipinski definition) is 6. The second-order valence-electron chi connectivity index (χ2n) is 5.62. The van der Waals surface area contributed by atoms with Crippen LogP contribution in [0.15, 0.2) is 56.8 Å². The molecule has 0 amide bonds. The highest BCUT2D eigenvalue weighted by molar-refractivity contribution is 7.98. The molecule has 4 aromatic rings. The fraction of sp³-hybridized carbons (Fsp3) is 0.167. The summed E-state index contributed by atoms with van der Waals surface area (Å²) in [5, 5.41) is 13.6. The Kier molecular flexibility index (Phi) is 5.00. The molecule has 3 heterocycles. The Balaban J connectivity index is 1.52. The van der Waals surface area contributed by atoms with E-state index in [-0.39, 0.29) is 5.56 Å². The molecule has 1 aromatic carbocycles. The van der Waals surface area contributed by atoms with Gasteiger partial charge in [0.25, 0.3) is 0 Å². The number of halogens is 2. The van der Waals surface area contributed by atoms with Crippen LogP contribution < -0.4 is 0 Å². The molecule has 0 radical (unpaired) electrons. The number of aromatic nitrogens is 4. The number of hydrogen-bond donors (Lipinski definition) is 0. The zero-order valence-corrected chi connectivity index (χ0v) is 15.8. The Morgan fingerprint density at radius 1 is 1.19 bits per heavy atom. The van der Waals surface area contributed by atoms with Crippen molar-refractivity contribution >= 4 is 23.4 Å². The topological polar surface area (TPSA) is 69.9 Å². The van der Waals surface area contributed by atoms with Gasteiger partial charge in [-0.15, -0.1) is 10.2 Å². The van der Waals surface area contributed by atoms with Crippen LogP contribution in [-0.2, 0) is 12.3 Å². The van der Waals surface area contributed by atoms with E-state index >= 15 is 0 Å². The van der Waals surface area contributed by atoms with Crippen LogP contribution in [-0.4, -0.2) is 19.9 Å². The minimum Gasteiger partial charge on any atom is -0.461 e. The SMILES string of the molecule is CCn1c(SCc2cc(-c3cc(Cl)ccc3F)on2)nnc1-c1ccco1. The predicted octanol–water partition coefficient (Wildman–Crippen LogP) is 5.30. The summed E-state index contributed by atoms with van der Waals surface area (Å²) in [6.45, 7) is 2.71. The van der Waals surface area contributed by atoms with Crippen molar-refractivity contribution in [2.75, 3.05) is 0 Å². The van der Waals surface area contributed by atoms with Crippen LogP contribution in [0.3, 0.4) is 0 Å². The van der Waals surface area contributed by atoms with Crippen LogP contribution in [0, 0.1) is 5.82 Å². The molecule has 0 aliphatic carbocycles. The quantitative estimate of drug-likeness (QED) is 0.406. The first-order chi connectivity index (χ1) is 13.2. The zero-order valence-electron chi connectivity index (χ0n) is 14.2. The van der Waals surface area contributed by atoms with Gasteiger partial charge in [-0.1, -0.05) is 28.5 Å².